The Balaban J connectivity index is 1.38. The van der Waals surface area contributed by atoms with Gasteiger partial charge in [0.05, 0.1) is 5.69 Å². The van der Waals surface area contributed by atoms with Crippen molar-refractivity contribution in [3.05, 3.63) is 66.0 Å². The largest absolute Gasteiger partial charge is 0.487 e. The molecule has 0 radical (unpaired) electrons. The maximum atomic E-state index is 11.9. The fourth-order valence-electron chi connectivity index (χ4n) is 3.18. The van der Waals surface area contributed by atoms with Gasteiger partial charge in [0.2, 0.25) is 0 Å². The highest BCUT2D eigenvalue weighted by atomic mass is 16.5. The minimum absolute atomic E-state index is 0.212. The van der Waals surface area contributed by atoms with Gasteiger partial charge in [-0.25, -0.2) is 4.79 Å². The fraction of sp³-hybridized carbons (Fsp3) is 0.348. The summed E-state index contributed by atoms with van der Waals surface area (Å²) in [5.74, 6) is -0.0675. The molecule has 1 aromatic carbocycles. The number of aromatic nitrogens is 1. The van der Waals surface area contributed by atoms with Gasteiger partial charge in [0.1, 0.15) is 12.4 Å². The highest BCUT2D eigenvalue weighted by molar-refractivity contribution is 5.89. The highest BCUT2D eigenvalue weighted by Crippen LogP contribution is 2.17. The lowest BCUT2D eigenvalue weighted by Crippen LogP contribution is -2.38. The van der Waals surface area contributed by atoms with Crippen LogP contribution in [0.15, 0.2) is 54.7 Å². The monoisotopic (exact) mass is 394 g/mol. The number of nitrogens with one attached hydrogen (secondary N) is 1. The summed E-state index contributed by atoms with van der Waals surface area (Å²) in [6, 6.07) is 13.2. The third kappa shape index (κ3) is 7.41. The van der Waals surface area contributed by atoms with Crippen LogP contribution in [0.25, 0.3) is 6.08 Å². The lowest BCUT2D eigenvalue weighted by atomic mass is 9.95. The van der Waals surface area contributed by atoms with Crippen LogP contribution in [-0.2, 0) is 20.9 Å². The second kappa shape index (κ2) is 11.0. The Hall–Kier alpha value is -3.15. The summed E-state index contributed by atoms with van der Waals surface area (Å²) in [7, 11) is 0. The number of ether oxygens (including phenoxy) is 2. The van der Waals surface area contributed by atoms with Crippen molar-refractivity contribution in [3.63, 3.8) is 0 Å². The molecule has 0 bridgehead atoms. The maximum Gasteiger partial charge on any atom is 0.331 e. The predicted octanol–water partition coefficient (Wildman–Crippen LogP) is 3.67. The van der Waals surface area contributed by atoms with Crippen LogP contribution in [0.4, 0.5) is 0 Å². The van der Waals surface area contributed by atoms with E-state index in [4.69, 9.17) is 9.47 Å². The summed E-state index contributed by atoms with van der Waals surface area (Å²) in [6.07, 6.45) is 10.2. The molecule has 1 amide bonds. The quantitative estimate of drug-likeness (QED) is 0.546. The Morgan fingerprint density at radius 2 is 1.86 bits per heavy atom. The van der Waals surface area contributed by atoms with Gasteiger partial charge < -0.3 is 14.8 Å². The lowest BCUT2D eigenvalue weighted by Gasteiger charge is -2.22. The average molecular weight is 394 g/mol. The van der Waals surface area contributed by atoms with Gasteiger partial charge in [-0.2, -0.15) is 0 Å². The zero-order valence-corrected chi connectivity index (χ0v) is 16.4. The van der Waals surface area contributed by atoms with E-state index in [-0.39, 0.29) is 18.6 Å². The van der Waals surface area contributed by atoms with Crippen LogP contribution >= 0.6 is 0 Å². The maximum absolute atomic E-state index is 11.9. The molecule has 3 rings (SSSR count). The van der Waals surface area contributed by atoms with E-state index in [9.17, 15) is 9.59 Å². The molecule has 0 unspecified atom stereocenters. The molecule has 0 spiro atoms. The zero-order valence-electron chi connectivity index (χ0n) is 16.4. The topological polar surface area (TPSA) is 77.5 Å². The third-order valence-corrected chi connectivity index (χ3v) is 4.72. The van der Waals surface area contributed by atoms with Gasteiger partial charge in [0, 0.05) is 18.3 Å². The molecule has 1 aromatic heterocycles. The normalized spacial score (nSPS) is 14.5. The van der Waals surface area contributed by atoms with Crippen LogP contribution in [0.1, 0.15) is 43.4 Å². The number of amides is 1. The summed E-state index contributed by atoms with van der Waals surface area (Å²) in [5, 5.41) is 2.92. The lowest BCUT2D eigenvalue weighted by molar-refractivity contribution is -0.144. The van der Waals surface area contributed by atoms with Gasteiger partial charge in [0.15, 0.2) is 6.61 Å². The number of benzene rings is 1. The van der Waals surface area contributed by atoms with Crippen molar-refractivity contribution in [1.29, 1.82) is 0 Å². The Morgan fingerprint density at radius 3 is 2.59 bits per heavy atom. The number of rotatable bonds is 8. The number of hydrogen-bond acceptors (Lipinski definition) is 5. The SMILES string of the molecule is O=C(COC(=O)/C=C/c1ccc(OCc2ccccn2)cc1)NC1CCCCC1. The summed E-state index contributed by atoms with van der Waals surface area (Å²) < 4.78 is 10.7. The Bertz CT molecular complexity index is 813. The first-order valence-corrected chi connectivity index (χ1v) is 9.96. The minimum atomic E-state index is -0.542. The van der Waals surface area contributed by atoms with E-state index in [0.29, 0.717) is 6.61 Å². The molecule has 6 heteroatoms. The second-order valence-corrected chi connectivity index (χ2v) is 7.02. The van der Waals surface area contributed by atoms with Crippen LogP contribution in [0.3, 0.4) is 0 Å². The Labute approximate surface area is 170 Å². The van der Waals surface area contributed by atoms with E-state index >= 15 is 0 Å². The van der Waals surface area contributed by atoms with Crippen LogP contribution < -0.4 is 10.1 Å². The third-order valence-electron chi connectivity index (χ3n) is 4.72. The first kappa shape index (κ1) is 20.6. The van der Waals surface area contributed by atoms with Crippen LogP contribution in [0, 0.1) is 0 Å². The molecule has 0 saturated heterocycles. The van der Waals surface area contributed by atoms with E-state index in [1.165, 1.54) is 12.5 Å². The number of hydrogen-bond donors (Lipinski definition) is 1. The van der Waals surface area contributed by atoms with E-state index in [1.54, 1.807) is 12.3 Å². The Kier molecular flexibility index (Phi) is 7.81. The number of pyridine rings is 1. The van der Waals surface area contributed by atoms with Crippen molar-refractivity contribution in [2.75, 3.05) is 6.61 Å². The molecular weight excluding hydrogens is 368 g/mol. The molecule has 152 valence electrons. The molecule has 1 fully saturated rings. The highest BCUT2D eigenvalue weighted by Gasteiger charge is 2.16. The minimum Gasteiger partial charge on any atom is -0.487 e. The number of carbonyl (C=O) groups is 2. The molecule has 2 aromatic rings. The van der Waals surface area contributed by atoms with Crippen LogP contribution in [0.2, 0.25) is 0 Å². The molecule has 29 heavy (non-hydrogen) atoms. The summed E-state index contributed by atoms with van der Waals surface area (Å²) in [4.78, 5) is 27.9. The van der Waals surface area contributed by atoms with Crippen molar-refractivity contribution in [3.8, 4) is 5.75 Å². The van der Waals surface area contributed by atoms with Gasteiger partial charge in [-0.3, -0.25) is 9.78 Å². The van der Waals surface area contributed by atoms with Gasteiger partial charge >= 0.3 is 5.97 Å². The standard InChI is InChI=1S/C23H26N2O4/c26-22(25-19-6-2-1-3-7-19)17-29-23(27)14-11-18-9-12-21(13-10-18)28-16-20-8-4-5-15-24-20/h4-5,8-15,19H,1-3,6-7,16-17H2,(H,25,26)/b14-11+. The summed E-state index contributed by atoms with van der Waals surface area (Å²) in [6.45, 7) is 0.144. The summed E-state index contributed by atoms with van der Waals surface area (Å²) >= 11 is 0. The van der Waals surface area contributed by atoms with Gasteiger partial charge in [-0.1, -0.05) is 37.5 Å². The smallest absolute Gasteiger partial charge is 0.331 e. The molecule has 0 aliphatic heterocycles. The average Bonchev–Trinajstić information content (AvgIpc) is 2.77. The molecule has 0 atom stereocenters. The van der Waals surface area contributed by atoms with Crippen molar-refractivity contribution in [2.24, 2.45) is 0 Å². The van der Waals surface area contributed by atoms with Gasteiger partial charge in [-0.05, 0) is 48.7 Å². The van der Waals surface area contributed by atoms with Crippen LogP contribution in [-0.4, -0.2) is 29.5 Å². The van der Waals surface area contributed by atoms with E-state index in [1.807, 2.05) is 42.5 Å². The van der Waals surface area contributed by atoms with Gasteiger partial charge in [0.25, 0.3) is 5.91 Å². The van der Waals surface area contributed by atoms with Crippen molar-refractivity contribution < 1.29 is 19.1 Å². The number of nitrogens with zero attached hydrogens (tertiary/aromatic N) is 1. The Morgan fingerprint density at radius 1 is 1.07 bits per heavy atom. The molecule has 1 heterocycles. The molecule has 1 aliphatic carbocycles. The molecular formula is C23H26N2O4. The molecule has 1 saturated carbocycles. The fourth-order valence-corrected chi connectivity index (χ4v) is 3.18. The van der Waals surface area contributed by atoms with Crippen molar-refractivity contribution in [1.82, 2.24) is 10.3 Å². The van der Waals surface area contributed by atoms with Gasteiger partial charge in [-0.15, -0.1) is 0 Å². The summed E-state index contributed by atoms with van der Waals surface area (Å²) in [5.41, 5.74) is 1.69. The number of carbonyl (C=O) groups excluding carboxylic acids is 2. The zero-order chi connectivity index (χ0) is 20.3. The molecule has 1 aliphatic rings. The van der Waals surface area contributed by atoms with Crippen molar-refractivity contribution >= 4 is 18.0 Å². The first-order valence-electron chi connectivity index (χ1n) is 9.96. The van der Waals surface area contributed by atoms with Crippen LogP contribution in [0.5, 0.6) is 5.75 Å². The molecule has 6 nitrogen and oxygen atoms in total. The first-order chi connectivity index (χ1) is 14.2. The van der Waals surface area contributed by atoms with E-state index in [2.05, 4.69) is 10.3 Å². The molecule has 1 N–H and O–H groups in total. The van der Waals surface area contributed by atoms with E-state index < -0.39 is 5.97 Å². The van der Waals surface area contributed by atoms with Crippen molar-refractivity contribution in [2.45, 2.75) is 44.8 Å². The second-order valence-electron chi connectivity index (χ2n) is 7.02. The number of esters is 1. The van der Waals surface area contributed by atoms with E-state index in [0.717, 1.165) is 42.7 Å². The predicted molar refractivity (Wildman–Crippen MR) is 110 cm³/mol.